The highest BCUT2D eigenvalue weighted by Gasteiger charge is 2.19. The number of hydrogen-bond donors (Lipinski definition) is 2. The summed E-state index contributed by atoms with van der Waals surface area (Å²) in [6, 6.07) is 3.85. The summed E-state index contributed by atoms with van der Waals surface area (Å²) in [5.74, 6) is -1.44. The Hall–Kier alpha value is -2.90. The average Bonchev–Trinajstić information content (AvgIpc) is 2.92. The zero-order chi connectivity index (χ0) is 17.4. The van der Waals surface area contributed by atoms with E-state index >= 15 is 0 Å². The lowest BCUT2D eigenvalue weighted by Gasteiger charge is -2.11. The minimum atomic E-state index is -0.826. The van der Waals surface area contributed by atoms with Gasteiger partial charge in [-0.05, 0) is 26.0 Å². The number of aromatic amines is 1. The third-order valence-corrected chi connectivity index (χ3v) is 3.40. The molecule has 24 heavy (non-hydrogen) atoms. The van der Waals surface area contributed by atoms with Crippen LogP contribution in [0.3, 0.4) is 0 Å². The van der Waals surface area contributed by atoms with Gasteiger partial charge in [0.2, 0.25) is 0 Å². The molecule has 0 bridgehead atoms. The molecule has 126 valence electrons. The van der Waals surface area contributed by atoms with Gasteiger partial charge in [-0.25, -0.2) is 13.8 Å². The van der Waals surface area contributed by atoms with E-state index in [1.54, 1.807) is 19.9 Å². The summed E-state index contributed by atoms with van der Waals surface area (Å²) in [6.45, 7) is 3.50. The molecule has 0 saturated carbocycles. The SMILES string of the molecule is CC(C)Oc1c(F)cc(F)c2[nH]c(Cn3cccc(N)c3=O)nc12. The molecule has 0 amide bonds. The molecule has 0 atom stereocenters. The molecule has 2 aromatic heterocycles. The average molecular weight is 334 g/mol. The molecule has 3 N–H and O–H groups in total. The number of anilines is 1. The lowest BCUT2D eigenvalue weighted by atomic mass is 10.2. The van der Waals surface area contributed by atoms with Crippen molar-refractivity contribution in [1.82, 2.24) is 14.5 Å². The number of H-pyrrole nitrogens is 1. The minimum Gasteiger partial charge on any atom is -0.486 e. The number of rotatable bonds is 4. The lowest BCUT2D eigenvalue weighted by Crippen LogP contribution is -2.22. The van der Waals surface area contributed by atoms with Gasteiger partial charge in [0.1, 0.15) is 16.9 Å². The standard InChI is InChI=1S/C16H16F2N4O2/c1-8(2)24-15-10(18)6-9(17)13-14(15)21-12(20-13)7-22-5-3-4-11(19)16(22)23/h3-6,8H,7,19H2,1-2H3,(H,20,21). The summed E-state index contributed by atoms with van der Waals surface area (Å²) in [6.07, 6.45) is 1.23. The second-order valence-electron chi connectivity index (χ2n) is 5.64. The van der Waals surface area contributed by atoms with Crippen LogP contribution in [0.2, 0.25) is 0 Å². The molecule has 3 aromatic rings. The molecule has 0 aliphatic heterocycles. The van der Waals surface area contributed by atoms with Crippen LogP contribution < -0.4 is 16.0 Å². The Bertz CT molecular complexity index is 963. The molecule has 0 fully saturated rings. The Balaban J connectivity index is 2.09. The number of benzene rings is 1. The van der Waals surface area contributed by atoms with E-state index in [0.29, 0.717) is 0 Å². The predicted octanol–water partition coefficient (Wildman–Crippen LogP) is 2.42. The molecule has 1 aromatic carbocycles. The van der Waals surface area contributed by atoms with Gasteiger partial charge < -0.3 is 20.0 Å². The number of ether oxygens (including phenoxy) is 1. The number of halogens is 2. The Kier molecular flexibility index (Phi) is 3.96. The number of fused-ring (bicyclic) bond motifs is 1. The fourth-order valence-electron chi connectivity index (χ4n) is 2.39. The Labute approximate surface area is 135 Å². The van der Waals surface area contributed by atoms with Crippen molar-refractivity contribution in [2.24, 2.45) is 0 Å². The number of aromatic nitrogens is 3. The molecule has 0 aliphatic carbocycles. The van der Waals surface area contributed by atoms with Gasteiger partial charge in [0, 0.05) is 12.3 Å². The van der Waals surface area contributed by atoms with Gasteiger partial charge in [-0.1, -0.05) is 0 Å². The van der Waals surface area contributed by atoms with Gasteiger partial charge >= 0.3 is 0 Å². The van der Waals surface area contributed by atoms with Crippen LogP contribution in [0.1, 0.15) is 19.7 Å². The molecule has 0 radical (unpaired) electrons. The maximum atomic E-state index is 14.0. The van der Waals surface area contributed by atoms with Gasteiger partial charge in [0.15, 0.2) is 17.4 Å². The van der Waals surface area contributed by atoms with Gasteiger partial charge in [0.05, 0.1) is 18.3 Å². The zero-order valence-corrected chi connectivity index (χ0v) is 13.1. The predicted molar refractivity (Wildman–Crippen MR) is 86.0 cm³/mol. The van der Waals surface area contributed by atoms with Crippen molar-refractivity contribution >= 4 is 16.7 Å². The molecule has 8 heteroatoms. The fraction of sp³-hybridized carbons (Fsp3) is 0.250. The number of nitrogens with two attached hydrogens (primary N) is 1. The van der Waals surface area contributed by atoms with E-state index in [-0.39, 0.29) is 46.5 Å². The summed E-state index contributed by atoms with van der Waals surface area (Å²) in [5.41, 5.74) is 5.36. The first-order valence-corrected chi connectivity index (χ1v) is 7.35. The smallest absolute Gasteiger partial charge is 0.274 e. The van der Waals surface area contributed by atoms with Gasteiger partial charge in [-0.3, -0.25) is 4.79 Å². The maximum absolute atomic E-state index is 14.0. The van der Waals surface area contributed by atoms with Crippen molar-refractivity contribution in [2.45, 2.75) is 26.5 Å². The third-order valence-electron chi connectivity index (χ3n) is 3.40. The maximum Gasteiger partial charge on any atom is 0.274 e. The quantitative estimate of drug-likeness (QED) is 0.767. The lowest BCUT2D eigenvalue weighted by molar-refractivity contribution is 0.233. The summed E-state index contributed by atoms with van der Waals surface area (Å²) in [4.78, 5) is 18.9. The van der Waals surface area contributed by atoms with Gasteiger partial charge in [-0.2, -0.15) is 0 Å². The number of pyridine rings is 1. The van der Waals surface area contributed by atoms with Gasteiger partial charge in [0.25, 0.3) is 5.56 Å². The highest BCUT2D eigenvalue weighted by molar-refractivity contribution is 5.82. The second kappa shape index (κ2) is 5.95. The number of nitrogens with one attached hydrogen (secondary N) is 1. The highest BCUT2D eigenvalue weighted by Crippen LogP contribution is 2.30. The fourth-order valence-corrected chi connectivity index (χ4v) is 2.39. The van der Waals surface area contributed by atoms with E-state index in [2.05, 4.69) is 9.97 Å². The van der Waals surface area contributed by atoms with E-state index in [9.17, 15) is 13.6 Å². The monoisotopic (exact) mass is 334 g/mol. The van der Waals surface area contributed by atoms with Crippen LogP contribution in [0.15, 0.2) is 29.2 Å². The largest absolute Gasteiger partial charge is 0.486 e. The summed E-state index contributed by atoms with van der Waals surface area (Å²) in [5, 5.41) is 0. The van der Waals surface area contributed by atoms with Crippen molar-refractivity contribution < 1.29 is 13.5 Å². The van der Waals surface area contributed by atoms with E-state index < -0.39 is 11.6 Å². The first-order chi connectivity index (χ1) is 11.4. The van der Waals surface area contributed by atoms with Crippen molar-refractivity contribution in [2.75, 3.05) is 5.73 Å². The number of nitrogens with zero attached hydrogens (tertiary/aromatic N) is 2. The molecule has 0 unspecified atom stereocenters. The summed E-state index contributed by atoms with van der Waals surface area (Å²) < 4.78 is 34.7. The minimum absolute atomic E-state index is 0.0269. The molecular formula is C16H16F2N4O2. The summed E-state index contributed by atoms with van der Waals surface area (Å²) >= 11 is 0. The van der Waals surface area contributed by atoms with E-state index in [1.165, 1.54) is 16.8 Å². The van der Waals surface area contributed by atoms with E-state index in [4.69, 9.17) is 10.5 Å². The van der Waals surface area contributed by atoms with Crippen LogP contribution in [-0.4, -0.2) is 20.6 Å². The molecule has 0 saturated heterocycles. The molecule has 2 heterocycles. The molecule has 6 nitrogen and oxygen atoms in total. The molecule has 3 rings (SSSR count). The van der Waals surface area contributed by atoms with Crippen LogP contribution in [0, 0.1) is 11.6 Å². The van der Waals surface area contributed by atoms with Gasteiger partial charge in [-0.15, -0.1) is 0 Å². The Morgan fingerprint density at radius 3 is 2.83 bits per heavy atom. The second-order valence-corrected chi connectivity index (χ2v) is 5.64. The Morgan fingerprint density at radius 1 is 1.38 bits per heavy atom. The van der Waals surface area contributed by atoms with Crippen LogP contribution in [-0.2, 0) is 6.54 Å². The molecule has 0 spiro atoms. The van der Waals surface area contributed by atoms with Crippen molar-refractivity contribution in [3.63, 3.8) is 0 Å². The number of imidazole rings is 1. The van der Waals surface area contributed by atoms with Crippen LogP contribution in [0.5, 0.6) is 5.75 Å². The van der Waals surface area contributed by atoms with E-state index in [0.717, 1.165) is 6.07 Å². The van der Waals surface area contributed by atoms with E-state index in [1.807, 2.05) is 0 Å². The number of nitrogen functional groups attached to an aromatic ring is 1. The molecular weight excluding hydrogens is 318 g/mol. The molecule has 0 aliphatic rings. The number of hydrogen-bond acceptors (Lipinski definition) is 4. The Morgan fingerprint density at radius 2 is 2.12 bits per heavy atom. The topological polar surface area (TPSA) is 85.9 Å². The highest BCUT2D eigenvalue weighted by atomic mass is 19.1. The van der Waals surface area contributed by atoms with Crippen molar-refractivity contribution in [3.8, 4) is 5.75 Å². The summed E-state index contributed by atoms with van der Waals surface area (Å²) in [7, 11) is 0. The van der Waals surface area contributed by atoms with Crippen LogP contribution in [0.25, 0.3) is 11.0 Å². The third kappa shape index (κ3) is 2.82. The van der Waals surface area contributed by atoms with Crippen LogP contribution >= 0.6 is 0 Å². The van der Waals surface area contributed by atoms with Crippen LogP contribution in [0.4, 0.5) is 14.5 Å². The zero-order valence-electron chi connectivity index (χ0n) is 13.1. The first kappa shape index (κ1) is 16.0. The normalized spacial score (nSPS) is 11.4. The van der Waals surface area contributed by atoms with Crippen molar-refractivity contribution in [1.29, 1.82) is 0 Å². The van der Waals surface area contributed by atoms with Crippen molar-refractivity contribution in [3.05, 3.63) is 52.2 Å². The first-order valence-electron chi connectivity index (χ1n) is 7.35.